The van der Waals surface area contributed by atoms with Crippen molar-refractivity contribution < 1.29 is 4.74 Å². The summed E-state index contributed by atoms with van der Waals surface area (Å²) in [7, 11) is 1.83. The van der Waals surface area contributed by atoms with Crippen LogP contribution in [0.25, 0.3) is 0 Å². The van der Waals surface area contributed by atoms with Gasteiger partial charge in [-0.3, -0.25) is 4.99 Å². The van der Waals surface area contributed by atoms with Crippen LogP contribution in [0.15, 0.2) is 35.3 Å². The van der Waals surface area contributed by atoms with Gasteiger partial charge in [-0.2, -0.15) is 0 Å². The summed E-state index contributed by atoms with van der Waals surface area (Å²) < 4.78 is 5.91. The molecule has 2 N–H and O–H groups in total. The molecule has 2 rings (SSSR count). The van der Waals surface area contributed by atoms with E-state index in [1.165, 1.54) is 38.0 Å². The Balaban J connectivity index is 0.00000364. The molecule has 1 aromatic carbocycles. The van der Waals surface area contributed by atoms with Gasteiger partial charge in [0.05, 0.1) is 6.10 Å². The van der Waals surface area contributed by atoms with Gasteiger partial charge in [0.15, 0.2) is 5.96 Å². The van der Waals surface area contributed by atoms with Gasteiger partial charge in [-0.05, 0) is 50.8 Å². The van der Waals surface area contributed by atoms with Crippen LogP contribution < -0.4 is 10.6 Å². The molecule has 0 aromatic heterocycles. The molecule has 5 nitrogen and oxygen atoms in total. The van der Waals surface area contributed by atoms with E-state index in [2.05, 4.69) is 58.6 Å². The monoisotopic (exact) mass is 488 g/mol. The first kappa shape index (κ1) is 24.2. The van der Waals surface area contributed by atoms with Crippen LogP contribution in [0.2, 0.25) is 0 Å². The Hall–Kier alpha value is -0.860. The van der Waals surface area contributed by atoms with Gasteiger partial charge in [0.25, 0.3) is 0 Å². The highest BCUT2D eigenvalue weighted by atomic mass is 127. The number of nitrogens with one attached hydrogen (secondary N) is 2. The van der Waals surface area contributed by atoms with Crippen molar-refractivity contribution in [1.29, 1.82) is 0 Å². The quantitative estimate of drug-likeness (QED) is 0.229. The molecule has 1 aliphatic heterocycles. The number of halogens is 1. The van der Waals surface area contributed by atoms with Crippen molar-refractivity contribution in [1.82, 2.24) is 15.5 Å². The maximum Gasteiger partial charge on any atom is 0.190 e. The Labute approximate surface area is 182 Å². The number of guanidine groups is 1. The van der Waals surface area contributed by atoms with E-state index in [4.69, 9.17) is 4.74 Å². The first-order valence-electron chi connectivity index (χ1n) is 10.0. The second-order valence-corrected chi connectivity index (χ2v) is 7.27. The summed E-state index contributed by atoms with van der Waals surface area (Å²) in [6.07, 6.45) is 3.81. The number of hydrogen-bond donors (Lipinski definition) is 2. The highest BCUT2D eigenvalue weighted by Gasteiger charge is 2.14. The molecule has 1 fully saturated rings. The van der Waals surface area contributed by atoms with Crippen LogP contribution in [-0.2, 0) is 4.74 Å². The van der Waals surface area contributed by atoms with Crippen molar-refractivity contribution >= 4 is 29.9 Å². The number of benzene rings is 1. The Morgan fingerprint density at radius 3 is 2.52 bits per heavy atom. The molecule has 2 unspecified atom stereocenters. The summed E-state index contributed by atoms with van der Waals surface area (Å²) in [5.41, 5.74) is 1.23. The standard InChI is InChI=1S/C21H36N4O.HI/c1-18(17-25-13-7-8-14-25)16-24-21(22-3)23-12-9-15-26-19(2)20-10-5-4-6-11-20;/h4-6,10-11,18-19H,7-9,12-17H2,1-3H3,(H2,22,23,24);1H. The van der Waals surface area contributed by atoms with E-state index in [-0.39, 0.29) is 30.1 Å². The van der Waals surface area contributed by atoms with Crippen LogP contribution in [0.4, 0.5) is 0 Å². The van der Waals surface area contributed by atoms with E-state index in [0.717, 1.165) is 32.1 Å². The third-order valence-corrected chi connectivity index (χ3v) is 4.86. The lowest BCUT2D eigenvalue weighted by Gasteiger charge is -2.21. The predicted octanol–water partition coefficient (Wildman–Crippen LogP) is 3.67. The van der Waals surface area contributed by atoms with E-state index < -0.39 is 0 Å². The zero-order chi connectivity index (χ0) is 18.6. The van der Waals surface area contributed by atoms with E-state index in [9.17, 15) is 0 Å². The maximum absolute atomic E-state index is 5.91. The summed E-state index contributed by atoms with van der Waals surface area (Å²) in [4.78, 5) is 6.88. The lowest BCUT2D eigenvalue weighted by Crippen LogP contribution is -2.41. The number of rotatable bonds is 10. The van der Waals surface area contributed by atoms with E-state index in [0.29, 0.717) is 5.92 Å². The molecule has 2 atom stereocenters. The predicted molar refractivity (Wildman–Crippen MR) is 125 cm³/mol. The van der Waals surface area contributed by atoms with Gasteiger partial charge in [-0.15, -0.1) is 24.0 Å². The van der Waals surface area contributed by atoms with Crippen molar-refractivity contribution in [3.05, 3.63) is 35.9 Å². The SMILES string of the molecule is CN=C(NCCCOC(C)c1ccccc1)NCC(C)CN1CCCC1.I. The normalized spacial score (nSPS) is 17.2. The number of likely N-dealkylation sites (tertiary alicyclic amines) is 1. The zero-order valence-electron chi connectivity index (χ0n) is 17.1. The first-order valence-corrected chi connectivity index (χ1v) is 10.0. The number of ether oxygens (including phenoxy) is 1. The molecular weight excluding hydrogens is 451 g/mol. The molecule has 0 spiro atoms. The van der Waals surface area contributed by atoms with Crippen molar-refractivity contribution in [2.45, 2.75) is 39.2 Å². The number of aliphatic imine (C=N–C) groups is 1. The summed E-state index contributed by atoms with van der Waals surface area (Å²) in [6, 6.07) is 10.4. The third-order valence-electron chi connectivity index (χ3n) is 4.86. The number of hydrogen-bond acceptors (Lipinski definition) is 3. The molecule has 0 aliphatic carbocycles. The zero-order valence-corrected chi connectivity index (χ0v) is 19.4. The third kappa shape index (κ3) is 9.76. The minimum atomic E-state index is 0. The molecular formula is C21H37IN4O. The second-order valence-electron chi connectivity index (χ2n) is 7.27. The van der Waals surface area contributed by atoms with E-state index in [1.807, 2.05) is 13.1 Å². The molecule has 1 heterocycles. The van der Waals surface area contributed by atoms with Crippen LogP contribution in [0.5, 0.6) is 0 Å². The second kappa shape index (κ2) is 14.2. The molecule has 27 heavy (non-hydrogen) atoms. The van der Waals surface area contributed by atoms with Gasteiger partial charge >= 0.3 is 0 Å². The Kier molecular flexibility index (Phi) is 12.7. The summed E-state index contributed by atoms with van der Waals surface area (Å²) in [5.74, 6) is 1.51. The van der Waals surface area contributed by atoms with Crippen LogP contribution in [0, 0.1) is 5.92 Å². The van der Waals surface area contributed by atoms with E-state index >= 15 is 0 Å². The van der Waals surface area contributed by atoms with Gasteiger partial charge in [0.2, 0.25) is 0 Å². The Bertz CT molecular complexity index is 520. The van der Waals surface area contributed by atoms with Gasteiger partial charge < -0.3 is 20.3 Å². The van der Waals surface area contributed by atoms with Gasteiger partial charge in [0.1, 0.15) is 0 Å². The highest BCUT2D eigenvalue weighted by Crippen LogP contribution is 2.15. The maximum atomic E-state index is 5.91. The van der Waals surface area contributed by atoms with Crippen molar-refractivity contribution in [3.63, 3.8) is 0 Å². The number of nitrogens with zero attached hydrogens (tertiary/aromatic N) is 2. The van der Waals surface area contributed by atoms with Crippen LogP contribution in [-0.4, -0.2) is 57.2 Å². The molecule has 1 saturated heterocycles. The van der Waals surface area contributed by atoms with Gasteiger partial charge in [-0.1, -0.05) is 37.3 Å². The van der Waals surface area contributed by atoms with Crippen molar-refractivity contribution in [3.8, 4) is 0 Å². The molecule has 0 radical (unpaired) electrons. The smallest absolute Gasteiger partial charge is 0.190 e. The van der Waals surface area contributed by atoms with Gasteiger partial charge in [0, 0.05) is 33.3 Å². The summed E-state index contributed by atoms with van der Waals surface area (Å²) >= 11 is 0. The van der Waals surface area contributed by atoms with Crippen LogP contribution >= 0.6 is 24.0 Å². The minimum absolute atomic E-state index is 0. The largest absolute Gasteiger partial charge is 0.374 e. The lowest BCUT2D eigenvalue weighted by molar-refractivity contribution is 0.0646. The lowest BCUT2D eigenvalue weighted by atomic mass is 10.1. The summed E-state index contributed by atoms with van der Waals surface area (Å²) in [6.45, 7) is 10.7. The molecule has 6 heteroatoms. The van der Waals surface area contributed by atoms with Crippen LogP contribution in [0.3, 0.4) is 0 Å². The average Bonchev–Trinajstić information content (AvgIpc) is 3.17. The molecule has 1 aromatic rings. The fraction of sp³-hybridized carbons (Fsp3) is 0.667. The summed E-state index contributed by atoms with van der Waals surface area (Å²) in [5, 5.41) is 6.82. The first-order chi connectivity index (χ1) is 12.7. The van der Waals surface area contributed by atoms with Gasteiger partial charge in [-0.25, -0.2) is 0 Å². The fourth-order valence-electron chi connectivity index (χ4n) is 3.32. The molecule has 0 bridgehead atoms. The Morgan fingerprint density at radius 1 is 1.15 bits per heavy atom. The molecule has 1 aliphatic rings. The topological polar surface area (TPSA) is 48.9 Å². The van der Waals surface area contributed by atoms with Crippen LogP contribution in [0.1, 0.15) is 44.8 Å². The van der Waals surface area contributed by atoms with Crippen molar-refractivity contribution in [2.75, 3.05) is 46.4 Å². The Morgan fingerprint density at radius 2 is 1.85 bits per heavy atom. The van der Waals surface area contributed by atoms with E-state index in [1.54, 1.807) is 0 Å². The highest BCUT2D eigenvalue weighted by molar-refractivity contribution is 14.0. The average molecular weight is 488 g/mol. The fourth-order valence-corrected chi connectivity index (χ4v) is 3.32. The molecule has 154 valence electrons. The minimum Gasteiger partial charge on any atom is -0.374 e. The van der Waals surface area contributed by atoms with Crippen molar-refractivity contribution in [2.24, 2.45) is 10.9 Å². The molecule has 0 amide bonds. The molecule has 0 saturated carbocycles.